The van der Waals surface area contributed by atoms with Gasteiger partial charge in [-0.2, -0.15) is 0 Å². The maximum Gasteiger partial charge on any atom is 0.511 e. The lowest BCUT2D eigenvalue weighted by Gasteiger charge is -2.41. The first-order valence-electron chi connectivity index (χ1n) is 10.6. The van der Waals surface area contributed by atoms with Crippen molar-refractivity contribution in [3.05, 3.63) is 59.2 Å². The molecule has 1 saturated heterocycles. The van der Waals surface area contributed by atoms with Gasteiger partial charge in [0.15, 0.2) is 5.75 Å². The van der Waals surface area contributed by atoms with E-state index in [1.165, 1.54) is 0 Å². The van der Waals surface area contributed by atoms with Crippen LogP contribution in [0.1, 0.15) is 47.8 Å². The second-order valence-corrected chi connectivity index (χ2v) is 9.25. The summed E-state index contributed by atoms with van der Waals surface area (Å²) in [6, 6.07) is 13.2. The highest BCUT2D eigenvalue weighted by Crippen LogP contribution is 2.47. The summed E-state index contributed by atoms with van der Waals surface area (Å²) in [5.74, 6) is 0.232. The number of carboxylic acid groups (broad SMARTS) is 1. The molecule has 2 aromatic carbocycles. The Balaban J connectivity index is 1.60. The molecule has 2 atom stereocenters. The normalized spacial score (nSPS) is 22.3. The first-order chi connectivity index (χ1) is 14.7. The fourth-order valence-electron chi connectivity index (χ4n) is 4.72. The van der Waals surface area contributed by atoms with Crippen molar-refractivity contribution in [2.24, 2.45) is 5.41 Å². The molecule has 2 unspecified atom stereocenters. The smallest absolute Gasteiger partial charge is 0.449 e. The average Bonchev–Trinajstić information content (AvgIpc) is 3.11. The predicted molar refractivity (Wildman–Crippen MR) is 119 cm³/mol. The van der Waals surface area contributed by atoms with Crippen molar-refractivity contribution in [3.8, 4) is 5.75 Å². The number of amides is 1. The van der Waals surface area contributed by atoms with Gasteiger partial charge in [-0.05, 0) is 61.2 Å². The van der Waals surface area contributed by atoms with Crippen molar-refractivity contribution in [2.75, 3.05) is 25.5 Å². The van der Waals surface area contributed by atoms with Gasteiger partial charge in [0.2, 0.25) is 0 Å². The number of hydrogen-bond donors (Lipinski definition) is 3. The summed E-state index contributed by atoms with van der Waals surface area (Å²) in [7, 11) is 2.06. The molecule has 2 aromatic rings. The number of carbonyl (C=O) groups is 2. The number of likely N-dealkylation sites (N-methyl/N-ethyl adjacent to an activating group) is 1. The average molecular weight is 424 g/mol. The van der Waals surface area contributed by atoms with Gasteiger partial charge in [0.1, 0.15) is 0 Å². The van der Waals surface area contributed by atoms with Crippen LogP contribution >= 0.6 is 0 Å². The van der Waals surface area contributed by atoms with Crippen molar-refractivity contribution in [1.82, 2.24) is 10.2 Å². The van der Waals surface area contributed by atoms with Gasteiger partial charge in [0.25, 0.3) is 5.91 Å². The van der Waals surface area contributed by atoms with Gasteiger partial charge in [-0.1, -0.05) is 38.1 Å². The number of rotatable bonds is 4. The molecule has 2 aliphatic rings. The summed E-state index contributed by atoms with van der Waals surface area (Å²) < 4.78 is 5.00. The summed E-state index contributed by atoms with van der Waals surface area (Å²) in [6.07, 6.45) is 0.372. The molecule has 0 aromatic heterocycles. The van der Waals surface area contributed by atoms with Crippen LogP contribution < -0.4 is 15.4 Å². The van der Waals surface area contributed by atoms with E-state index in [-0.39, 0.29) is 23.4 Å². The van der Waals surface area contributed by atoms with Crippen LogP contribution in [0.15, 0.2) is 42.5 Å². The van der Waals surface area contributed by atoms with Gasteiger partial charge in [-0.3, -0.25) is 4.79 Å². The van der Waals surface area contributed by atoms with Crippen LogP contribution in [0, 0.1) is 5.41 Å². The minimum atomic E-state index is -1.34. The first kappa shape index (κ1) is 21.2. The van der Waals surface area contributed by atoms with Crippen molar-refractivity contribution < 1.29 is 19.4 Å². The third-order valence-electron chi connectivity index (χ3n) is 6.23. The lowest BCUT2D eigenvalue weighted by atomic mass is 9.72. The SMILES string of the molecule is CN1CCC(NC(=O)c2cccc(C3Nc4c(cccc4OC(=O)O)CC3(C)C)c2)C1. The summed E-state index contributed by atoms with van der Waals surface area (Å²) in [5.41, 5.74) is 3.16. The van der Waals surface area contributed by atoms with Crippen LogP contribution in [-0.4, -0.2) is 48.2 Å². The molecule has 7 nitrogen and oxygen atoms in total. The van der Waals surface area contributed by atoms with Crippen molar-refractivity contribution >= 4 is 17.7 Å². The molecule has 164 valence electrons. The zero-order valence-corrected chi connectivity index (χ0v) is 18.1. The molecular formula is C24H29N3O4. The monoisotopic (exact) mass is 423 g/mol. The number of hydrogen-bond acceptors (Lipinski definition) is 5. The number of likely N-dealkylation sites (tertiary alicyclic amines) is 1. The van der Waals surface area contributed by atoms with Crippen LogP contribution in [0.2, 0.25) is 0 Å². The van der Waals surface area contributed by atoms with Gasteiger partial charge >= 0.3 is 6.16 Å². The molecule has 1 amide bonds. The highest BCUT2D eigenvalue weighted by molar-refractivity contribution is 5.94. The standard InChI is InChI=1S/C24H29N3O4/c1-24(2)13-17-8-5-9-19(31-23(29)30)20(17)26-21(24)15-6-4-7-16(12-15)22(28)25-18-10-11-27(3)14-18/h4-9,12,18,21,26H,10-11,13-14H2,1-3H3,(H,25,28)(H,29,30). The zero-order chi connectivity index (χ0) is 22.2. The molecule has 0 aliphatic carbocycles. The van der Waals surface area contributed by atoms with Crippen molar-refractivity contribution in [3.63, 3.8) is 0 Å². The van der Waals surface area contributed by atoms with E-state index in [1.54, 1.807) is 12.1 Å². The van der Waals surface area contributed by atoms with E-state index in [4.69, 9.17) is 9.84 Å². The van der Waals surface area contributed by atoms with E-state index < -0.39 is 6.16 Å². The Hall–Kier alpha value is -3.06. The van der Waals surface area contributed by atoms with E-state index in [2.05, 4.69) is 36.4 Å². The van der Waals surface area contributed by atoms with Gasteiger partial charge in [-0.25, -0.2) is 4.79 Å². The third kappa shape index (κ3) is 4.51. The highest BCUT2D eigenvalue weighted by Gasteiger charge is 2.37. The lowest BCUT2D eigenvalue weighted by Crippen LogP contribution is -2.37. The topological polar surface area (TPSA) is 90.9 Å². The summed E-state index contributed by atoms with van der Waals surface area (Å²) in [6.45, 7) is 6.19. The summed E-state index contributed by atoms with van der Waals surface area (Å²) in [5, 5.41) is 15.7. The van der Waals surface area contributed by atoms with E-state index in [1.807, 2.05) is 30.3 Å². The third-order valence-corrected chi connectivity index (χ3v) is 6.23. The van der Waals surface area contributed by atoms with Crippen LogP contribution in [-0.2, 0) is 6.42 Å². The Morgan fingerprint density at radius 1 is 1.23 bits per heavy atom. The van der Waals surface area contributed by atoms with E-state index >= 15 is 0 Å². The van der Waals surface area contributed by atoms with Gasteiger partial charge in [-0.15, -0.1) is 0 Å². The van der Waals surface area contributed by atoms with E-state index in [0.717, 1.165) is 37.1 Å². The van der Waals surface area contributed by atoms with Crippen molar-refractivity contribution in [2.45, 2.75) is 38.8 Å². The minimum absolute atomic E-state index is 0.0638. The molecular weight excluding hydrogens is 394 g/mol. The largest absolute Gasteiger partial charge is 0.511 e. The Labute approximate surface area is 182 Å². The van der Waals surface area contributed by atoms with Gasteiger partial charge in [0, 0.05) is 18.2 Å². The number of fused-ring (bicyclic) bond motifs is 1. The highest BCUT2D eigenvalue weighted by atomic mass is 16.7. The van der Waals surface area contributed by atoms with Crippen LogP contribution in [0.4, 0.5) is 10.5 Å². The number of nitrogens with one attached hydrogen (secondary N) is 2. The molecule has 31 heavy (non-hydrogen) atoms. The van der Waals surface area contributed by atoms with Crippen LogP contribution in [0.25, 0.3) is 0 Å². The number of ether oxygens (including phenoxy) is 1. The summed E-state index contributed by atoms with van der Waals surface area (Å²) in [4.78, 5) is 26.2. The molecule has 1 fully saturated rings. The summed E-state index contributed by atoms with van der Waals surface area (Å²) >= 11 is 0. The van der Waals surface area contributed by atoms with Gasteiger partial charge in [0.05, 0.1) is 11.7 Å². The van der Waals surface area contributed by atoms with E-state index in [0.29, 0.717) is 17.0 Å². The number of carbonyl (C=O) groups excluding carboxylic acids is 1. The Morgan fingerprint density at radius 3 is 2.71 bits per heavy atom. The molecule has 3 N–H and O–H groups in total. The fourth-order valence-corrected chi connectivity index (χ4v) is 4.72. The molecule has 2 aliphatic heterocycles. The molecule has 0 spiro atoms. The number of anilines is 1. The Bertz CT molecular complexity index is 1000. The zero-order valence-electron chi connectivity index (χ0n) is 18.1. The second kappa shape index (κ2) is 8.23. The fraction of sp³-hybridized carbons (Fsp3) is 0.417. The van der Waals surface area contributed by atoms with Crippen LogP contribution in [0.5, 0.6) is 5.75 Å². The Morgan fingerprint density at radius 2 is 2.00 bits per heavy atom. The number of benzene rings is 2. The molecule has 4 rings (SSSR count). The minimum Gasteiger partial charge on any atom is -0.449 e. The predicted octanol–water partition coefficient (Wildman–Crippen LogP) is 3.91. The Kier molecular flexibility index (Phi) is 5.62. The maximum absolute atomic E-state index is 12.8. The van der Waals surface area contributed by atoms with Crippen molar-refractivity contribution in [1.29, 1.82) is 0 Å². The number of para-hydroxylation sites is 1. The second-order valence-electron chi connectivity index (χ2n) is 9.25. The molecule has 0 saturated carbocycles. The van der Waals surface area contributed by atoms with Gasteiger partial charge < -0.3 is 25.4 Å². The first-order valence-corrected chi connectivity index (χ1v) is 10.6. The lowest BCUT2D eigenvalue weighted by molar-refractivity contribution is 0.0938. The number of nitrogens with zero attached hydrogens (tertiary/aromatic N) is 1. The molecule has 7 heteroatoms. The molecule has 0 bridgehead atoms. The van der Waals surface area contributed by atoms with E-state index in [9.17, 15) is 9.59 Å². The molecule has 0 radical (unpaired) electrons. The van der Waals surface area contributed by atoms with Crippen LogP contribution in [0.3, 0.4) is 0 Å². The quantitative estimate of drug-likeness (QED) is 0.510. The molecule has 2 heterocycles. The maximum atomic E-state index is 12.8.